The number of benzene rings is 1. The van der Waals surface area contributed by atoms with E-state index in [1.54, 1.807) is 0 Å². The van der Waals surface area contributed by atoms with Gasteiger partial charge in [0, 0.05) is 24.3 Å². The average Bonchev–Trinajstić information content (AvgIpc) is 2.72. The van der Waals surface area contributed by atoms with E-state index < -0.39 is 0 Å². The molecule has 1 heterocycles. The second-order valence-electron chi connectivity index (χ2n) is 4.09. The van der Waals surface area contributed by atoms with E-state index >= 15 is 0 Å². The SMILES string of the molecule is CCC(C)NCc1ccc2cc[nH]c2c1. The topological polar surface area (TPSA) is 27.8 Å². The fourth-order valence-electron chi connectivity index (χ4n) is 1.64. The zero-order valence-electron chi connectivity index (χ0n) is 9.38. The highest BCUT2D eigenvalue weighted by Gasteiger charge is 1.99. The Kier molecular flexibility index (Phi) is 3.07. The number of rotatable bonds is 4. The molecule has 0 fully saturated rings. The molecule has 0 aliphatic rings. The van der Waals surface area contributed by atoms with Gasteiger partial charge in [-0.05, 0) is 36.4 Å². The van der Waals surface area contributed by atoms with E-state index in [-0.39, 0.29) is 0 Å². The minimum Gasteiger partial charge on any atom is -0.361 e. The van der Waals surface area contributed by atoms with Gasteiger partial charge in [0.25, 0.3) is 0 Å². The van der Waals surface area contributed by atoms with E-state index in [9.17, 15) is 0 Å². The van der Waals surface area contributed by atoms with Crippen LogP contribution in [0.3, 0.4) is 0 Å². The summed E-state index contributed by atoms with van der Waals surface area (Å²) in [6.45, 7) is 5.36. The lowest BCUT2D eigenvalue weighted by Gasteiger charge is -2.10. The van der Waals surface area contributed by atoms with Gasteiger partial charge in [0.1, 0.15) is 0 Å². The van der Waals surface area contributed by atoms with Gasteiger partial charge in [-0.3, -0.25) is 0 Å². The summed E-state index contributed by atoms with van der Waals surface area (Å²) in [5, 5.41) is 4.77. The third kappa shape index (κ3) is 2.39. The Labute approximate surface area is 90.7 Å². The molecular weight excluding hydrogens is 184 g/mol. The summed E-state index contributed by atoms with van der Waals surface area (Å²) in [6, 6.07) is 9.25. The first kappa shape index (κ1) is 10.2. The highest BCUT2D eigenvalue weighted by Crippen LogP contribution is 2.14. The summed E-state index contributed by atoms with van der Waals surface area (Å²) in [4.78, 5) is 3.23. The average molecular weight is 202 g/mol. The standard InChI is InChI=1S/C13H18N2/c1-3-10(2)15-9-11-4-5-12-6-7-14-13(12)8-11/h4-8,10,14-15H,3,9H2,1-2H3. The molecule has 15 heavy (non-hydrogen) atoms. The Hall–Kier alpha value is -1.28. The minimum atomic E-state index is 0.587. The molecule has 0 aliphatic heterocycles. The molecule has 2 nitrogen and oxygen atoms in total. The number of hydrogen-bond acceptors (Lipinski definition) is 1. The predicted octanol–water partition coefficient (Wildman–Crippen LogP) is 3.06. The third-order valence-corrected chi connectivity index (χ3v) is 2.89. The van der Waals surface area contributed by atoms with Crippen LogP contribution in [0, 0.1) is 0 Å². The quantitative estimate of drug-likeness (QED) is 0.783. The van der Waals surface area contributed by atoms with Gasteiger partial charge in [-0.15, -0.1) is 0 Å². The van der Waals surface area contributed by atoms with Gasteiger partial charge in [-0.25, -0.2) is 0 Å². The van der Waals surface area contributed by atoms with Crippen molar-refractivity contribution in [2.24, 2.45) is 0 Å². The zero-order chi connectivity index (χ0) is 10.7. The van der Waals surface area contributed by atoms with Crippen molar-refractivity contribution in [1.82, 2.24) is 10.3 Å². The van der Waals surface area contributed by atoms with Gasteiger partial charge in [0.2, 0.25) is 0 Å². The minimum absolute atomic E-state index is 0.587. The second kappa shape index (κ2) is 4.49. The van der Waals surface area contributed by atoms with E-state index in [1.807, 2.05) is 6.20 Å². The highest BCUT2D eigenvalue weighted by atomic mass is 14.9. The Balaban J connectivity index is 2.08. The maximum Gasteiger partial charge on any atom is 0.0457 e. The molecule has 1 unspecified atom stereocenters. The molecule has 0 bridgehead atoms. The first-order valence-corrected chi connectivity index (χ1v) is 5.59. The number of aromatic amines is 1. The smallest absolute Gasteiger partial charge is 0.0457 e. The lowest BCUT2D eigenvalue weighted by Crippen LogP contribution is -2.24. The van der Waals surface area contributed by atoms with Gasteiger partial charge in [0.15, 0.2) is 0 Å². The summed E-state index contributed by atoms with van der Waals surface area (Å²) < 4.78 is 0. The van der Waals surface area contributed by atoms with Crippen LogP contribution in [0.2, 0.25) is 0 Å². The van der Waals surface area contributed by atoms with Crippen molar-refractivity contribution in [2.45, 2.75) is 32.9 Å². The van der Waals surface area contributed by atoms with Crippen molar-refractivity contribution in [1.29, 1.82) is 0 Å². The normalized spacial score (nSPS) is 13.2. The fraction of sp³-hybridized carbons (Fsp3) is 0.385. The highest BCUT2D eigenvalue weighted by molar-refractivity contribution is 5.79. The van der Waals surface area contributed by atoms with Crippen LogP contribution in [0.4, 0.5) is 0 Å². The summed E-state index contributed by atoms with van der Waals surface area (Å²) in [5.41, 5.74) is 2.56. The number of fused-ring (bicyclic) bond motifs is 1. The first-order valence-electron chi connectivity index (χ1n) is 5.59. The van der Waals surface area contributed by atoms with Crippen LogP contribution in [-0.4, -0.2) is 11.0 Å². The van der Waals surface area contributed by atoms with Crippen LogP contribution in [-0.2, 0) is 6.54 Å². The summed E-state index contributed by atoms with van der Waals surface area (Å²) in [6.07, 6.45) is 3.15. The van der Waals surface area contributed by atoms with Crippen molar-refractivity contribution in [3.63, 3.8) is 0 Å². The summed E-state index contributed by atoms with van der Waals surface area (Å²) in [5.74, 6) is 0. The van der Waals surface area contributed by atoms with Crippen LogP contribution < -0.4 is 5.32 Å². The fourth-order valence-corrected chi connectivity index (χ4v) is 1.64. The molecule has 1 aromatic heterocycles. The molecule has 2 N–H and O–H groups in total. The maximum absolute atomic E-state index is 3.49. The van der Waals surface area contributed by atoms with Gasteiger partial charge < -0.3 is 10.3 Å². The molecule has 0 saturated heterocycles. The van der Waals surface area contributed by atoms with Crippen molar-refractivity contribution >= 4 is 10.9 Å². The first-order chi connectivity index (χ1) is 7.29. The van der Waals surface area contributed by atoms with E-state index in [0.717, 1.165) is 6.54 Å². The third-order valence-electron chi connectivity index (χ3n) is 2.89. The predicted molar refractivity (Wildman–Crippen MR) is 64.9 cm³/mol. The molecule has 0 aliphatic carbocycles. The van der Waals surface area contributed by atoms with Gasteiger partial charge in [0.05, 0.1) is 0 Å². The number of H-pyrrole nitrogens is 1. The van der Waals surface area contributed by atoms with Crippen molar-refractivity contribution in [3.8, 4) is 0 Å². The molecule has 1 atom stereocenters. The lowest BCUT2D eigenvalue weighted by atomic mass is 10.1. The van der Waals surface area contributed by atoms with E-state index in [0.29, 0.717) is 6.04 Å². The molecule has 1 aromatic carbocycles. The Morgan fingerprint density at radius 3 is 3.00 bits per heavy atom. The van der Waals surface area contributed by atoms with Gasteiger partial charge in [-0.2, -0.15) is 0 Å². The second-order valence-corrected chi connectivity index (χ2v) is 4.09. The van der Waals surface area contributed by atoms with Crippen LogP contribution in [0.25, 0.3) is 10.9 Å². The molecule has 2 aromatic rings. The van der Waals surface area contributed by atoms with Crippen molar-refractivity contribution in [3.05, 3.63) is 36.0 Å². The molecule has 0 spiro atoms. The number of hydrogen-bond donors (Lipinski definition) is 2. The molecule has 2 rings (SSSR count). The van der Waals surface area contributed by atoms with Crippen molar-refractivity contribution in [2.75, 3.05) is 0 Å². The molecule has 80 valence electrons. The summed E-state index contributed by atoms with van der Waals surface area (Å²) >= 11 is 0. The van der Waals surface area contributed by atoms with Crippen LogP contribution in [0.1, 0.15) is 25.8 Å². The zero-order valence-corrected chi connectivity index (χ0v) is 9.38. The van der Waals surface area contributed by atoms with Crippen LogP contribution in [0.15, 0.2) is 30.5 Å². The van der Waals surface area contributed by atoms with E-state index in [4.69, 9.17) is 0 Å². The molecular formula is C13H18N2. The van der Waals surface area contributed by atoms with Gasteiger partial charge >= 0.3 is 0 Å². The number of aromatic nitrogens is 1. The maximum atomic E-state index is 3.49. The lowest BCUT2D eigenvalue weighted by molar-refractivity contribution is 0.534. The Morgan fingerprint density at radius 1 is 1.33 bits per heavy atom. The van der Waals surface area contributed by atoms with E-state index in [2.05, 4.69) is 48.4 Å². The summed E-state index contributed by atoms with van der Waals surface area (Å²) in [7, 11) is 0. The molecule has 0 amide bonds. The van der Waals surface area contributed by atoms with Crippen molar-refractivity contribution < 1.29 is 0 Å². The monoisotopic (exact) mass is 202 g/mol. The Morgan fingerprint density at radius 2 is 2.20 bits per heavy atom. The Bertz CT molecular complexity index is 431. The van der Waals surface area contributed by atoms with Crippen LogP contribution >= 0.6 is 0 Å². The largest absolute Gasteiger partial charge is 0.361 e. The van der Waals surface area contributed by atoms with Gasteiger partial charge in [-0.1, -0.05) is 19.1 Å². The molecule has 2 heteroatoms. The molecule has 0 radical (unpaired) electrons. The molecule has 0 saturated carbocycles. The number of nitrogens with one attached hydrogen (secondary N) is 2. The van der Waals surface area contributed by atoms with E-state index in [1.165, 1.54) is 22.9 Å². The van der Waals surface area contributed by atoms with Crippen LogP contribution in [0.5, 0.6) is 0 Å².